The maximum atomic E-state index is 12.0. The number of nitrogens with zero attached hydrogens (tertiary/aromatic N) is 2. The second-order valence-corrected chi connectivity index (χ2v) is 6.99. The summed E-state index contributed by atoms with van der Waals surface area (Å²) in [5.74, 6) is 0. The summed E-state index contributed by atoms with van der Waals surface area (Å²) in [6, 6.07) is 15.6. The van der Waals surface area contributed by atoms with Crippen LogP contribution in [0.25, 0.3) is 0 Å². The Labute approximate surface area is 159 Å². The van der Waals surface area contributed by atoms with E-state index in [9.17, 15) is 4.79 Å². The first kappa shape index (κ1) is 18.5. The van der Waals surface area contributed by atoms with Gasteiger partial charge in [-0.2, -0.15) is 0 Å². The molecule has 6 heteroatoms. The number of urea groups is 1. The van der Waals surface area contributed by atoms with Crippen LogP contribution in [0.2, 0.25) is 5.02 Å². The van der Waals surface area contributed by atoms with Crippen molar-refractivity contribution in [2.75, 3.05) is 49.5 Å². The zero-order chi connectivity index (χ0) is 18.4. The van der Waals surface area contributed by atoms with Crippen molar-refractivity contribution in [3.8, 4) is 0 Å². The smallest absolute Gasteiger partial charge is 0.319 e. The van der Waals surface area contributed by atoms with Crippen LogP contribution in [0.1, 0.15) is 5.56 Å². The van der Waals surface area contributed by atoms with E-state index < -0.39 is 0 Å². The number of piperazine rings is 1. The van der Waals surface area contributed by atoms with Crippen molar-refractivity contribution in [1.29, 1.82) is 0 Å². The van der Waals surface area contributed by atoms with Gasteiger partial charge in [-0.1, -0.05) is 23.7 Å². The van der Waals surface area contributed by atoms with E-state index in [1.165, 1.54) is 5.69 Å². The Balaban J connectivity index is 1.36. The summed E-state index contributed by atoms with van der Waals surface area (Å²) < 4.78 is 0. The van der Waals surface area contributed by atoms with E-state index in [4.69, 9.17) is 11.6 Å². The molecule has 2 amide bonds. The summed E-state index contributed by atoms with van der Waals surface area (Å²) in [6.07, 6.45) is 0. The largest absolute Gasteiger partial charge is 0.369 e. The summed E-state index contributed by atoms with van der Waals surface area (Å²) in [4.78, 5) is 16.7. The Bertz CT molecular complexity index is 727. The van der Waals surface area contributed by atoms with Crippen LogP contribution in [0.15, 0.2) is 48.5 Å². The van der Waals surface area contributed by atoms with Crippen molar-refractivity contribution < 1.29 is 4.79 Å². The lowest BCUT2D eigenvalue weighted by molar-refractivity contribution is 0.240. The van der Waals surface area contributed by atoms with Crippen LogP contribution in [0.4, 0.5) is 16.2 Å². The molecular formula is C20H25ClN4O. The number of hydrogen-bond donors (Lipinski definition) is 2. The van der Waals surface area contributed by atoms with Crippen LogP contribution in [0, 0.1) is 6.92 Å². The average Bonchev–Trinajstić information content (AvgIpc) is 2.63. The second kappa shape index (κ2) is 8.92. The molecule has 0 atom stereocenters. The molecule has 0 spiro atoms. The summed E-state index contributed by atoms with van der Waals surface area (Å²) in [5, 5.41) is 6.56. The minimum atomic E-state index is -0.157. The normalized spacial score (nSPS) is 14.9. The molecule has 2 aromatic carbocycles. The van der Waals surface area contributed by atoms with E-state index in [0.29, 0.717) is 6.54 Å². The van der Waals surface area contributed by atoms with Crippen LogP contribution in [0.3, 0.4) is 0 Å². The predicted molar refractivity (Wildman–Crippen MR) is 108 cm³/mol. The lowest BCUT2D eigenvalue weighted by Crippen LogP contribution is -2.48. The first-order chi connectivity index (χ1) is 12.6. The highest BCUT2D eigenvalue weighted by molar-refractivity contribution is 6.30. The Kier molecular flexibility index (Phi) is 6.36. The van der Waals surface area contributed by atoms with Crippen molar-refractivity contribution in [3.05, 3.63) is 59.1 Å². The fourth-order valence-electron chi connectivity index (χ4n) is 3.11. The number of nitrogens with one attached hydrogen (secondary N) is 2. The zero-order valence-electron chi connectivity index (χ0n) is 15.0. The van der Waals surface area contributed by atoms with Gasteiger partial charge < -0.3 is 15.5 Å². The molecule has 3 rings (SSSR count). The number of benzene rings is 2. The fraction of sp³-hybridized carbons (Fsp3) is 0.350. The Morgan fingerprint density at radius 2 is 1.81 bits per heavy atom. The lowest BCUT2D eigenvalue weighted by atomic mass is 10.2. The monoisotopic (exact) mass is 372 g/mol. The van der Waals surface area contributed by atoms with Crippen molar-refractivity contribution in [2.24, 2.45) is 0 Å². The molecule has 0 radical (unpaired) electrons. The summed E-state index contributed by atoms with van der Waals surface area (Å²) in [7, 11) is 0. The van der Waals surface area contributed by atoms with E-state index >= 15 is 0 Å². The molecule has 1 fully saturated rings. The van der Waals surface area contributed by atoms with Crippen LogP contribution in [-0.2, 0) is 0 Å². The molecule has 1 aliphatic rings. The Morgan fingerprint density at radius 1 is 1.08 bits per heavy atom. The van der Waals surface area contributed by atoms with E-state index in [1.54, 1.807) is 0 Å². The number of carbonyl (C=O) groups is 1. The van der Waals surface area contributed by atoms with Gasteiger partial charge in [0.25, 0.3) is 0 Å². The molecule has 0 aromatic heterocycles. The number of hydrogen-bond acceptors (Lipinski definition) is 3. The number of carbonyl (C=O) groups excluding carboxylic acids is 1. The van der Waals surface area contributed by atoms with Gasteiger partial charge in [0.1, 0.15) is 0 Å². The number of amides is 2. The van der Waals surface area contributed by atoms with Gasteiger partial charge in [-0.15, -0.1) is 0 Å². The van der Waals surface area contributed by atoms with Gasteiger partial charge >= 0.3 is 6.03 Å². The second-order valence-electron chi connectivity index (χ2n) is 6.56. The molecule has 0 aliphatic carbocycles. The zero-order valence-corrected chi connectivity index (χ0v) is 15.8. The van der Waals surface area contributed by atoms with Crippen molar-refractivity contribution in [2.45, 2.75) is 6.92 Å². The summed E-state index contributed by atoms with van der Waals surface area (Å²) >= 11 is 5.95. The highest BCUT2D eigenvalue weighted by atomic mass is 35.5. The highest BCUT2D eigenvalue weighted by Gasteiger charge is 2.17. The van der Waals surface area contributed by atoms with Crippen LogP contribution >= 0.6 is 11.6 Å². The number of rotatable bonds is 5. The third-order valence-corrected chi connectivity index (χ3v) is 4.81. The first-order valence-electron chi connectivity index (χ1n) is 8.94. The maximum absolute atomic E-state index is 12.0. The number of halogens is 1. The number of aryl methyl sites for hydroxylation is 1. The molecule has 138 valence electrons. The molecule has 2 aromatic rings. The van der Waals surface area contributed by atoms with E-state index in [2.05, 4.69) is 32.6 Å². The molecule has 5 nitrogen and oxygen atoms in total. The molecule has 0 bridgehead atoms. The Hall–Kier alpha value is -2.24. The molecule has 0 unspecified atom stereocenters. The van der Waals surface area contributed by atoms with Crippen molar-refractivity contribution in [1.82, 2.24) is 10.2 Å². The minimum Gasteiger partial charge on any atom is -0.369 e. The summed E-state index contributed by atoms with van der Waals surface area (Å²) in [6.45, 7) is 7.45. The van der Waals surface area contributed by atoms with Crippen LogP contribution in [0.5, 0.6) is 0 Å². The molecule has 2 N–H and O–H groups in total. The van der Waals surface area contributed by atoms with Gasteiger partial charge in [0.15, 0.2) is 0 Å². The molecular weight excluding hydrogens is 348 g/mol. The topological polar surface area (TPSA) is 47.6 Å². The van der Waals surface area contributed by atoms with E-state index in [-0.39, 0.29) is 6.03 Å². The van der Waals surface area contributed by atoms with Crippen molar-refractivity contribution >= 4 is 29.0 Å². The third-order valence-electron chi connectivity index (χ3n) is 4.55. The first-order valence-corrected chi connectivity index (χ1v) is 9.32. The summed E-state index contributed by atoms with van der Waals surface area (Å²) in [5.41, 5.74) is 3.16. The third kappa shape index (κ3) is 5.38. The Morgan fingerprint density at radius 3 is 2.50 bits per heavy atom. The van der Waals surface area contributed by atoms with Crippen LogP contribution < -0.4 is 15.5 Å². The van der Waals surface area contributed by atoms with Crippen molar-refractivity contribution in [3.63, 3.8) is 0 Å². The fourth-order valence-corrected chi connectivity index (χ4v) is 3.23. The molecule has 26 heavy (non-hydrogen) atoms. The lowest BCUT2D eigenvalue weighted by Gasteiger charge is -2.36. The van der Waals surface area contributed by atoms with Gasteiger partial charge in [-0.25, -0.2) is 4.79 Å². The van der Waals surface area contributed by atoms with Gasteiger partial charge in [0, 0.05) is 55.7 Å². The van der Waals surface area contributed by atoms with Gasteiger partial charge in [-0.3, -0.25) is 4.90 Å². The van der Waals surface area contributed by atoms with E-state index in [0.717, 1.165) is 49.0 Å². The maximum Gasteiger partial charge on any atom is 0.319 e. The molecule has 1 saturated heterocycles. The molecule has 0 saturated carbocycles. The molecule has 1 heterocycles. The average molecular weight is 373 g/mol. The quantitative estimate of drug-likeness (QED) is 0.843. The van der Waals surface area contributed by atoms with Crippen LogP contribution in [-0.4, -0.2) is 50.2 Å². The van der Waals surface area contributed by atoms with E-state index in [1.807, 2.05) is 43.3 Å². The highest BCUT2D eigenvalue weighted by Crippen LogP contribution is 2.19. The predicted octanol–water partition coefficient (Wildman–Crippen LogP) is 3.59. The molecule has 1 aliphatic heterocycles. The minimum absolute atomic E-state index is 0.157. The van der Waals surface area contributed by atoms with Gasteiger partial charge in [0.2, 0.25) is 0 Å². The standard InChI is InChI=1S/C20H25ClN4O/c1-16-3-2-4-18(15-16)23-20(26)22-9-10-24-11-13-25(14-12-24)19-7-5-17(21)6-8-19/h2-8,15H,9-14H2,1H3,(H2,22,23,26). The number of anilines is 2. The van der Waals surface area contributed by atoms with Gasteiger partial charge in [0.05, 0.1) is 0 Å². The SMILES string of the molecule is Cc1cccc(NC(=O)NCCN2CCN(c3ccc(Cl)cc3)CC2)c1. The van der Waals surface area contributed by atoms with Gasteiger partial charge in [-0.05, 0) is 48.9 Å².